The minimum atomic E-state index is -0.540. The SMILES string of the molecule is COC(=O)C1=NN(c2ccc(OC)cc2)C2CCSC(=O)C12. The van der Waals surface area contributed by atoms with Gasteiger partial charge in [0.05, 0.1) is 25.9 Å². The van der Waals surface area contributed by atoms with Crippen molar-refractivity contribution in [1.29, 1.82) is 0 Å². The molecule has 2 unspecified atom stereocenters. The van der Waals surface area contributed by atoms with Gasteiger partial charge >= 0.3 is 5.97 Å². The normalized spacial score (nSPS) is 23.8. The van der Waals surface area contributed by atoms with E-state index >= 15 is 0 Å². The van der Waals surface area contributed by atoms with Crippen LogP contribution in [-0.4, -0.2) is 42.8 Å². The number of hydrazone groups is 1. The Hall–Kier alpha value is -2.02. The molecule has 1 fully saturated rings. The summed E-state index contributed by atoms with van der Waals surface area (Å²) in [6.45, 7) is 0. The van der Waals surface area contributed by atoms with Crippen LogP contribution in [0.4, 0.5) is 5.69 Å². The van der Waals surface area contributed by atoms with Crippen LogP contribution < -0.4 is 9.75 Å². The lowest BCUT2D eigenvalue weighted by Crippen LogP contribution is -2.42. The third-order valence-corrected chi connectivity index (χ3v) is 4.83. The average Bonchev–Trinajstić information content (AvgIpc) is 2.95. The first-order valence-electron chi connectivity index (χ1n) is 6.92. The fourth-order valence-corrected chi connectivity index (χ4v) is 3.77. The molecule has 3 rings (SSSR count). The number of carbonyl (C=O) groups is 2. The fourth-order valence-electron chi connectivity index (χ4n) is 2.76. The third-order valence-electron chi connectivity index (χ3n) is 3.85. The van der Waals surface area contributed by atoms with Crippen molar-refractivity contribution < 1.29 is 19.1 Å². The minimum absolute atomic E-state index is 0.0172. The van der Waals surface area contributed by atoms with Crippen LogP contribution in [0.2, 0.25) is 0 Å². The molecule has 1 aromatic rings. The number of fused-ring (bicyclic) bond motifs is 1. The van der Waals surface area contributed by atoms with Crippen LogP contribution in [-0.2, 0) is 14.3 Å². The van der Waals surface area contributed by atoms with Crippen molar-refractivity contribution in [3.63, 3.8) is 0 Å². The monoisotopic (exact) mass is 320 g/mol. The summed E-state index contributed by atoms with van der Waals surface area (Å²) in [6.07, 6.45) is 0.789. The van der Waals surface area contributed by atoms with Gasteiger partial charge in [0.15, 0.2) is 5.71 Å². The number of nitrogens with zero attached hydrogens (tertiary/aromatic N) is 2. The van der Waals surface area contributed by atoms with Crippen molar-refractivity contribution in [3.8, 4) is 5.75 Å². The zero-order valence-corrected chi connectivity index (χ0v) is 13.1. The van der Waals surface area contributed by atoms with E-state index in [1.165, 1.54) is 18.9 Å². The molecule has 7 heteroatoms. The van der Waals surface area contributed by atoms with Crippen molar-refractivity contribution in [1.82, 2.24) is 0 Å². The van der Waals surface area contributed by atoms with Crippen molar-refractivity contribution in [3.05, 3.63) is 24.3 Å². The summed E-state index contributed by atoms with van der Waals surface area (Å²) in [5.41, 5.74) is 1.02. The van der Waals surface area contributed by atoms with E-state index in [9.17, 15) is 9.59 Å². The number of rotatable bonds is 3. The first-order chi connectivity index (χ1) is 10.7. The molecule has 0 bridgehead atoms. The standard InChI is InChI=1S/C15H16N2O4S/c1-20-10-5-3-9(4-6-10)17-11-7-8-22-15(19)12(11)13(16-17)14(18)21-2/h3-6,11-12H,7-8H2,1-2H3. The van der Waals surface area contributed by atoms with E-state index < -0.39 is 11.9 Å². The second-order valence-corrected chi connectivity index (χ2v) is 6.12. The first-order valence-corrected chi connectivity index (χ1v) is 7.91. The van der Waals surface area contributed by atoms with Gasteiger partial charge in [0.2, 0.25) is 5.12 Å². The van der Waals surface area contributed by atoms with Crippen LogP contribution in [0.25, 0.3) is 0 Å². The van der Waals surface area contributed by atoms with Crippen molar-refractivity contribution in [2.45, 2.75) is 12.5 Å². The van der Waals surface area contributed by atoms with Crippen LogP contribution >= 0.6 is 11.8 Å². The van der Waals surface area contributed by atoms with Crippen LogP contribution in [0.1, 0.15) is 6.42 Å². The molecule has 0 radical (unpaired) electrons. The predicted octanol–water partition coefficient (Wildman–Crippen LogP) is 1.69. The zero-order chi connectivity index (χ0) is 15.7. The number of esters is 1. The molecular weight excluding hydrogens is 304 g/mol. The highest BCUT2D eigenvalue weighted by atomic mass is 32.2. The molecule has 1 saturated heterocycles. The number of hydrogen-bond acceptors (Lipinski definition) is 7. The molecule has 0 aromatic heterocycles. The van der Waals surface area contributed by atoms with E-state index in [0.29, 0.717) is 0 Å². The zero-order valence-electron chi connectivity index (χ0n) is 12.3. The number of ether oxygens (including phenoxy) is 2. The number of carbonyl (C=O) groups excluding carboxylic acids is 2. The molecule has 6 nitrogen and oxygen atoms in total. The minimum Gasteiger partial charge on any atom is -0.497 e. The molecule has 2 aliphatic heterocycles. The largest absolute Gasteiger partial charge is 0.497 e. The molecule has 2 aliphatic rings. The maximum Gasteiger partial charge on any atom is 0.355 e. The second-order valence-electron chi connectivity index (χ2n) is 5.02. The molecule has 0 N–H and O–H groups in total. The molecule has 22 heavy (non-hydrogen) atoms. The number of anilines is 1. The van der Waals surface area contributed by atoms with Crippen LogP contribution in [0.3, 0.4) is 0 Å². The number of benzene rings is 1. The summed E-state index contributed by atoms with van der Waals surface area (Å²) in [7, 11) is 2.90. The quantitative estimate of drug-likeness (QED) is 0.790. The topological polar surface area (TPSA) is 68.2 Å². The van der Waals surface area contributed by atoms with Gasteiger partial charge in [-0.15, -0.1) is 0 Å². The Morgan fingerprint density at radius 2 is 2.05 bits per heavy atom. The first kappa shape index (κ1) is 14.9. The summed E-state index contributed by atoms with van der Waals surface area (Å²) in [5, 5.41) is 6.12. The number of hydrogen-bond donors (Lipinski definition) is 0. The molecule has 2 atom stereocenters. The van der Waals surface area contributed by atoms with Crippen molar-refractivity contribution in [2.24, 2.45) is 11.0 Å². The third kappa shape index (κ3) is 2.45. The van der Waals surface area contributed by atoms with E-state index in [1.54, 1.807) is 12.1 Å². The van der Waals surface area contributed by atoms with Gasteiger partial charge in [-0.05, 0) is 30.7 Å². The van der Waals surface area contributed by atoms with E-state index in [0.717, 1.165) is 23.6 Å². The van der Waals surface area contributed by atoms with E-state index in [4.69, 9.17) is 9.47 Å². The highest BCUT2D eigenvalue weighted by molar-refractivity contribution is 8.13. The molecule has 0 aliphatic carbocycles. The highest BCUT2D eigenvalue weighted by Gasteiger charge is 2.47. The summed E-state index contributed by atoms with van der Waals surface area (Å²) in [6, 6.07) is 7.26. The van der Waals surface area contributed by atoms with Gasteiger partial charge in [-0.2, -0.15) is 5.10 Å². The Morgan fingerprint density at radius 1 is 1.32 bits per heavy atom. The van der Waals surface area contributed by atoms with Gasteiger partial charge in [0.1, 0.15) is 11.7 Å². The Bertz CT molecular complexity index is 629. The smallest absolute Gasteiger partial charge is 0.355 e. The van der Waals surface area contributed by atoms with E-state index in [1.807, 2.05) is 24.3 Å². The molecule has 1 aromatic carbocycles. The molecule has 2 heterocycles. The van der Waals surface area contributed by atoms with Gasteiger partial charge in [-0.3, -0.25) is 9.80 Å². The molecule has 0 amide bonds. The Kier molecular flexibility index (Phi) is 4.06. The number of thioether (sulfide) groups is 1. The molecule has 0 spiro atoms. The van der Waals surface area contributed by atoms with Crippen LogP contribution in [0.5, 0.6) is 5.75 Å². The van der Waals surface area contributed by atoms with Gasteiger partial charge < -0.3 is 9.47 Å². The Balaban J connectivity index is 1.97. The molecular formula is C15H16N2O4S. The van der Waals surface area contributed by atoms with Crippen LogP contribution in [0.15, 0.2) is 29.4 Å². The Labute approximate surface area is 132 Å². The van der Waals surface area contributed by atoms with Crippen molar-refractivity contribution in [2.75, 3.05) is 25.0 Å². The maximum absolute atomic E-state index is 12.2. The number of methoxy groups -OCH3 is 2. The van der Waals surface area contributed by atoms with Crippen molar-refractivity contribution >= 4 is 34.2 Å². The lowest BCUT2D eigenvalue weighted by Gasteiger charge is -2.30. The average molecular weight is 320 g/mol. The second kappa shape index (κ2) is 6.00. The van der Waals surface area contributed by atoms with Gasteiger partial charge in [0, 0.05) is 5.75 Å². The molecule has 0 saturated carbocycles. The summed E-state index contributed by atoms with van der Waals surface area (Å²) in [5.74, 6) is 0.415. The maximum atomic E-state index is 12.2. The lowest BCUT2D eigenvalue weighted by molar-refractivity contribution is -0.133. The van der Waals surface area contributed by atoms with E-state index in [-0.39, 0.29) is 16.9 Å². The van der Waals surface area contributed by atoms with Crippen LogP contribution in [0, 0.1) is 5.92 Å². The van der Waals surface area contributed by atoms with Gasteiger partial charge in [-0.25, -0.2) is 4.79 Å². The fraction of sp³-hybridized carbons (Fsp3) is 0.400. The lowest BCUT2D eigenvalue weighted by atomic mass is 9.94. The summed E-state index contributed by atoms with van der Waals surface area (Å²) in [4.78, 5) is 24.1. The Morgan fingerprint density at radius 3 is 2.68 bits per heavy atom. The predicted molar refractivity (Wildman–Crippen MR) is 84.3 cm³/mol. The molecule has 116 valence electrons. The van der Waals surface area contributed by atoms with Gasteiger partial charge in [-0.1, -0.05) is 11.8 Å². The summed E-state index contributed by atoms with van der Waals surface area (Å²) < 4.78 is 9.92. The highest BCUT2D eigenvalue weighted by Crippen LogP contribution is 2.38. The van der Waals surface area contributed by atoms with Gasteiger partial charge in [0.25, 0.3) is 0 Å². The summed E-state index contributed by atoms with van der Waals surface area (Å²) >= 11 is 1.26. The van der Waals surface area contributed by atoms with E-state index in [2.05, 4.69) is 5.10 Å².